The summed E-state index contributed by atoms with van der Waals surface area (Å²) < 4.78 is 31.3. The minimum Gasteiger partial charge on any atom is -0.395 e. The number of hydrogen-bond donors (Lipinski definition) is 1. The molecule has 1 saturated heterocycles. The van der Waals surface area contributed by atoms with Crippen LogP contribution in [0.15, 0.2) is 24.3 Å². The Morgan fingerprint density at radius 2 is 2.20 bits per heavy atom. The van der Waals surface area contributed by atoms with E-state index >= 15 is 0 Å². The minimum atomic E-state index is -3.59. The number of sulfonamides is 1. The summed E-state index contributed by atoms with van der Waals surface area (Å²) >= 11 is 0. The van der Waals surface area contributed by atoms with E-state index in [-0.39, 0.29) is 25.5 Å². The molecular formula is C13H16N2O4S. The summed E-state index contributed by atoms with van der Waals surface area (Å²) in [5.41, 5.74) is 0.822. The highest BCUT2D eigenvalue weighted by Crippen LogP contribution is 2.18. The summed E-state index contributed by atoms with van der Waals surface area (Å²) in [7, 11) is -3.59. The Labute approximate surface area is 118 Å². The second-order valence-corrected chi connectivity index (χ2v) is 6.47. The van der Waals surface area contributed by atoms with E-state index < -0.39 is 16.1 Å². The molecule has 1 heterocycles. The molecule has 0 saturated carbocycles. The fourth-order valence-electron chi connectivity index (χ4n) is 2.18. The van der Waals surface area contributed by atoms with Crippen molar-refractivity contribution in [3.05, 3.63) is 35.4 Å². The molecule has 1 atom stereocenters. The first-order valence-electron chi connectivity index (χ1n) is 6.24. The third kappa shape index (κ3) is 3.16. The van der Waals surface area contributed by atoms with Crippen molar-refractivity contribution in [3.63, 3.8) is 0 Å². The van der Waals surface area contributed by atoms with E-state index in [9.17, 15) is 13.5 Å². The molecule has 1 aliphatic rings. The monoisotopic (exact) mass is 296 g/mol. The van der Waals surface area contributed by atoms with E-state index in [1.807, 2.05) is 6.07 Å². The van der Waals surface area contributed by atoms with Crippen LogP contribution in [0.2, 0.25) is 0 Å². The van der Waals surface area contributed by atoms with E-state index in [2.05, 4.69) is 0 Å². The Bertz CT molecular complexity index is 609. The molecule has 0 amide bonds. The largest absolute Gasteiger partial charge is 0.395 e. The number of aliphatic hydroxyl groups is 1. The van der Waals surface area contributed by atoms with Gasteiger partial charge < -0.3 is 9.84 Å². The first-order chi connectivity index (χ1) is 9.58. The second-order valence-electron chi connectivity index (χ2n) is 4.55. The maximum absolute atomic E-state index is 12.4. The third-order valence-electron chi connectivity index (χ3n) is 3.22. The molecule has 6 nitrogen and oxygen atoms in total. The zero-order chi connectivity index (χ0) is 14.6. The molecule has 20 heavy (non-hydrogen) atoms. The van der Waals surface area contributed by atoms with Gasteiger partial charge in [-0.25, -0.2) is 8.42 Å². The van der Waals surface area contributed by atoms with Crippen LogP contribution in [0.4, 0.5) is 0 Å². The first-order valence-corrected chi connectivity index (χ1v) is 7.85. The van der Waals surface area contributed by atoms with Crippen molar-refractivity contribution >= 4 is 10.0 Å². The number of benzene rings is 1. The number of nitriles is 1. The Morgan fingerprint density at radius 1 is 1.45 bits per heavy atom. The second kappa shape index (κ2) is 6.33. The van der Waals surface area contributed by atoms with E-state index in [1.165, 1.54) is 4.31 Å². The van der Waals surface area contributed by atoms with E-state index in [0.717, 1.165) is 0 Å². The van der Waals surface area contributed by atoms with Crippen LogP contribution in [0, 0.1) is 11.3 Å². The number of ether oxygens (including phenoxy) is 1. The maximum atomic E-state index is 12.4. The lowest BCUT2D eigenvalue weighted by molar-refractivity contribution is 0.0108. The van der Waals surface area contributed by atoms with E-state index in [4.69, 9.17) is 10.00 Å². The molecule has 0 aliphatic carbocycles. The summed E-state index contributed by atoms with van der Waals surface area (Å²) in [5.74, 6) is -0.243. The average molecular weight is 296 g/mol. The Hall–Kier alpha value is -1.46. The molecule has 1 N–H and O–H groups in total. The standard InChI is InChI=1S/C13H16N2O4S/c14-7-11-3-1-2-4-12(11)10-20(17,18)15-5-6-19-9-13(15)8-16/h1-4,13,16H,5-6,8-10H2. The lowest BCUT2D eigenvalue weighted by atomic mass is 10.1. The predicted molar refractivity (Wildman–Crippen MR) is 72.2 cm³/mol. The van der Waals surface area contributed by atoms with Crippen molar-refractivity contribution in [1.82, 2.24) is 4.31 Å². The van der Waals surface area contributed by atoms with Gasteiger partial charge in [0, 0.05) is 6.54 Å². The number of aliphatic hydroxyl groups excluding tert-OH is 1. The SMILES string of the molecule is N#Cc1ccccc1CS(=O)(=O)N1CCOCC1CO. The van der Waals surface area contributed by atoms with E-state index in [1.54, 1.807) is 24.3 Å². The van der Waals surface area contributed by atoms with Crippen LogP contribution in [0.3, 0.4) is 0 Å². The fourth-order valence-corrected chi connectivity index (χ4v) is 3.93. The van der Waals surface area contributed by atoms with Crippen molar-refractivity contribution in [2.24, 2.45) is 0 Å². The average Bonchev–Trinajstić information content (AvgIpc) is 2.47. The summed E-state index contributed by atoms with van der Waals surface area (Å²) in [6, 6.07) is 8.05. The van der Waals surface area contributed by atoms with Crippen LogP contribution in [0.25, 0.3) is 0 Å². The number of rotatable bonds is 4. The Kier molecular flexibility index (Phi) is 4.73. The van der Waals surface area contributed by atoms with Crippen LogP contribution in [0.5, 0.6) is 0 Å². The molecule has 0 bridgehead atoms. The van der Waals surface area contributed by atoms with Crippen molar-refractivity contribution in [1.29, 1.82) is 5.26 Å². The molecule has 2 rings (SSSR count). The lowest BCUT2D eigenvalue weighted by Crippen LogP contribution is -2.50. The smallest absolute Gasteiger partial charge is 0.218 e. The Balaban J connectivity index is 2.24. The zero-order valence-electron chi connectivity index (χ0n) is 10.9. The predicted octanol–water partition coefficient (Wildman–Crippen LogP) is 0.0812. The molecule has 0 aromatic heterocycles. The summed E-state index contributed by atoms with van der Waals surface area (Å²) in [4.78, 5) is 0. The molecule has 1 fully saturated rings. The highest BCUT2D eigenvalue weighted by Gasteiger charge is 2.32. The highest BCUT2D eigenvalue weighted by molar-refractivity contribution is 7.88. The van der Waals surface area contributed by atoms with Gasteiger partial charge in [0.2, 0.25) is 10.0 Å². The molecule has 0 radical (unpaired) electrons. The van der Waals surface area contributed by atoms with Crippen LogP contribution in [0.1, 0.15) is 11.1 Å². The van der Waals surface area contributed by atoms with Gasteiger partial charge in [0.25, 0.3) is 0 Å². The normalized spacial score (nSPS) is 20.5. The number of nitrogens with zero attached hydrogens (tertiary/aromatic N) is 2. The molecular weight excluding hydrogens is 280 g/mol. The van der Waals surface area contributed by atoms with E-state index in [0.29, 0.717) is 17.7 Å². The summed E-state index contributed by atoms with van der Waals surface area (Å²) in [5, 5.41) is 18.3. The quantitative estimate of drug-likeness (QED) is 0.850. The molecule has 1 aromatic rings. The number of morpholine rings is 1. The van der Waals surface area contributed by atoms with Gasteiger partial charge in [-0.2, -0.15) is 9.57 Å². The maximum Gasteiger partial charge on any atom is 0.218 e. The van der Waals surface area contributed by atoms with Gasteiger partial charge in [0.15, 0.2) is 0 Å². The van der Waals surface area contributed by atoms with Gasteiger partial charge in [-0.15, -0.1) is 0 Å². The lowest BCUT2D eigenvalue weighted by Gasteiger charge is -2.33. The molecule has 0 spiro atoms. The minimum absolute atomic E-state index is 0.190. The van der Waals surface area contributed by atoms with Gasteiger partial charge in [-0.05, 0) is 11.6 Å². The van der Waals surface area contributed by atoms with Gasteiger partial charge in [0.1, 0.15) is 0 Å². The van der Waals surface area contributed by atoms with Crippen molar-refractivity contribution in [2.75, 3.05) is 26.4 Å². The topological polar surface area (TPSA) is 90.6 Å². The van der Waals surface area contributed by atoms with Crippen molar-refractivity contribution in [2.45, 2.75) is 11.8 Å². The third-order valence-corrected chi connectivity index (χ3v) is 5.09. The molecule has 108 valence electrons. The summed E-state index contributed by atoms with van der Waals surface area (Å²) in [6.45, 7) is 0.451. The van der Waals surface area contributed by atoms with Gasteiger partial charge in [-0.1, -0.05) is 18.2 Å². The summed E-state index contributed by atoms with van der Waals surface area (Å²) in [6.07, 6.45) is 0. The van der Waals surface area contributed by atoms with Crippen LogP contribution < -0.4 is 0 Å². The highest BCUT2D eigenvalue weighted by atomic mass is 32.2. The van der Waals surface area contributed by atoms with Crippen LogP contribution >= 0.6 is 0 Å². The van der Waals surface area contributed by atoms with Crippen LogP contribution in [-0.4, -0.2) is 50.2 Å². The van der Waals surface area contributed by atoms with Crippen molar-refractivity contribution in [3.8, 4) is 6.07 Å². The van der Waals surface area contributed by atoms with Gasteiger partial charge in [-0.3, -0.25) is 0 Å². The zero-order valence-corrected chi connectivity index (χ0v) is 11.7. The molecule has 1 aromatic carbocycles. The first kappa shape index (κ1) is 14.9. The molecule has 1 unspecified atom stereocenters. The number of hydrogen-bond acceptors (Lipinski definition) is 5. The molecule has 7 heteroatoms. The fraction of sp³-hybridized carbons (Fsp3) is 0.462. The van der Waals surface area contributed by atoms with Crippen molar-refractivity contribution < 1.29 is 18.3 Å². The van der Waals surface area contributed by atoms with Crippen LogP contribution in [-0.2, 0) is 20.5 Å². The van der Waals surface area contributed by atoms with Gasteiger partial charge >= 0.3 is 0 Å². The molecule has 1 aliphatic heterocycles. The van der Waals surface area contributed by atoms with Gasteiger partial charge in [0.05, 0.1) is 43.2 Å². The Morgan fingerprint density at radius 3 is 2.90 bits per heavy atom.